The highest BCUT2D eigenvalue weighted by Gasteiger charge is 2.17. The summed E-state index contributed by atoms with van der Waals surface area (Å²) >= 11 is 0. The Morgan fingerprint density at radius 2 is 2.00 bits per heavy atom. The second-order valence-electron chi connectivity index (χ2n) is 3.71. The molecule has 0 aromatic heterocycles. The summed E-state index contributed by atoms with van der Waals surface area (Å²) in [5.74, 6) is -0.558. The Kier molecular flexibility index (Phi) is 4.29. The number of hydrogen-bond acceptors (Lipinski definition) is 3. The van der Waals surface area contributed by atoms with E-state index in [1.54, 1.807) is 0 Å². The van der Waals surface area contributed by atoms with Gasteiger partial charge in [0.15, 0.2) is 9.84 Å². The van der Waals surface area contributed by atoms with Gasteiger partial charge in [0.2, 0.25) is 0 Å². The molecule has 1 rings (SSSR count). The first-order chi connectivity index (χ1) is 7.47. The van der Waals surface area contributed by atoms with Gasteiger partial charge in [0, 0.05) is 0 Å². The lowest BCUT2D eigenvalue weighted by atomic mass is 10.3. The van der Waals surface area contributed by atoms with Gasteiger partial charge in [-0.15, -0.1) is 0 Å². The van der Waals surface area contributed by atoms with Gasteiger partial charge >= 0.3 is 0 Å². The molecule has 5 heteroatoms. The van der Waals surface area contributed by atoms with Crippen LogP contribution in [-0.2, 0) is 9.84 Å². The molecule has 16 heavy (non-hydrogen) atoms. The van der Waals surface area contributed by atoms with Crippen LogP contribution in [0.25, 0.3) is 0 Å². The quantitative estimate of drug-likeness (QED) is 0.640. The molecule has 0 unspecified atom stereocenters. The number of nitrogens with two attached hydrogens (primary N) is 1. The fourth-order valence-corrected chi connectivity index (χ4v) is 2.95. The molecule has 0 heterocycles. The summed E-state index contributed by atoms with van der Waals surface area (Å²) in [5.41, 5.74) is 5.64. The van der Waals surface area contributed by atoms with Gasteiger partial charge in [-0.2, -0.15) is 0 Å². The van der Waals surface area contributed by atoms with Crippen molar-refractivity contribution in [2.45, 2.75) is 31.1 Å². The molecule has 1 aromatic carbocycles. The molecule has 0 amide bonds. The van der Waals surface area contributed by atoms with Gasteiger partial charge in [-0.3, -0.25) is 0 Å². The lowest BCUT2D eigenvalue weighted by Crippen LogP contribution is -2.09. The van der Waals surface area contributed by atoms with Gasteiger partial charge in [-0.1, -0.05) is 19.8 Å². The van der Waals surface area contributed by atoms with Crippen LogP contribution in [0, 0.1) is 5.82 Å². The van der Waals surface area contributed by atoms with E-state index in [0.29, 0.717) is 6.42 Å². The molecule has 0 fully saturated rings. The highest BCUT2D eigenvalue weighted by molar-refractivity contribution is 7.91. The Hall–Kier alpha value is -1.10. The topological polar surface area (TPSA) is 60.2 Å². The van der Waals surface area contributed by atoms with E-state index in [0.717, 1.165) is 25.0 Å². The lowest BCUT2D eigenvalue weighted by Gasteiger charge is -2.07. The Balaban J connectivity index is 2.93. The van der Waals surface area contributed by atoms with Crippen molar-refractivity contribution < 1.29 is 12.8 Å². The maximum absolute atomic E-state index is 12.9. The van der Waals surface area contributed by atoms with Gasteiger partial charge in [0.05, 0.1) is 16.3 Å². The van der Waals surface area contributed by atoms with Gasteiger partial charge in [0.25, 0.3) is 0 Å². The number of unbranched alkanes of at least 4 members (excludes halogenated alkanes) is 2. The monoisotopic (exact) mass is 245 g/mol. The summed E-state index contributed by atoms with van der Waals surface area (Å²) in [5, 5.41) is 0. The normalized spacial score (nSPS) is 11.6. The zero-order valence-corrected chi connectivity index (χ0v) is 10.1. The summed E-state index contributed by atoms with van der Waals surface area (Å²) in [6.07, 6.45) is 2.36. The number of nitrogen functional groups attached to an aromatic ring is 1. The zero-order chi connectivity index (χ0) is 12.2. The predicted octanol–water partition coefficient (Wildman–Crippen LogP) is 2.37. The number of sulfone groups is 1. The average Bonchev–Trinajstić information content (AvgIpc) is 2.22. The molecule has 0 aliphatic heterocycles. The molecule has 0 atom stereocenters. The van der Waals surface area contributed by atoms with Gasteiger partial charge in [-0.25, -0.2) is 12.8 Å². The largest absolute Gasteiger partial charge is 0.398 e. The van der Waals surface area contributed by atoms with Crippen molar-refractivity contribution in [3.8, 4) is 0 Å². The maximum atomic E-state index is 12.9. The Labute approximate surface area is 95.4 Å². The molecular formula is C11H16FNO2S. The van der Waals surface area contributed by atoms with Crippen molar-refractivity contribution in [2.75, 3.05) is 11.5 Å². The van der Waals surface area contributed by atoms with Crippen molar-refractivity contribution in [3.05, 3.63) is 24.0 Å². The smallest absolute Gasteiger partial charge is 0.180 e. The minimum absolute atomic E-state index is 0.0223. The summed E-state index contributed by atoms with van der Waals surface area (Å²) in [6, 6.07) is 3.42. The first-order valence-electron chi connectivity index (χ1n) is 5.25. The molecule has 0 aliphatic rings. The molecule has 90 valence electrons. The lowest BCUT2D eigenvalue weighted by molar-refractivity contribution is 0.587. The van der Waals surface area contributed by atoms with E-state index in [-0.39, 0.29) is 16.3 Å². The van der Waals surface area contributed by atoms with E-state index < -0.39 is 15.7 Å². The van der Waals surface area contributed by atoms with Crippen LogP contribution in [0.4, 0.5) is 10.1 Å². The zero-order valence-electron chi connectivity index (χ0n) is 9.24. The van der Waals surface area contributed by atoms with Gasteiger partial charge < -0.3 is 5.73 Å². The van der Waals surface area contributed by atoms with E-state index in [9.17, 15) is 12.8 Å². The number of halogens is 1. The first-order valence-corrected chi connectivity index (χ1v) is 6.90. The molecule has 1 aromatic rings. The summed E-state index contributed by atoms with van der Waals surface area (Å²) in [7, 11) is -3.45. The highest BCUT2D eigenvalue weighted by atomic mass is 32.2. The minimum atomic E-state index is -3.45. The number of hydrogen-bond donors (Lipinski definition) is 1. The van der Waals surface area contributed by atoms with Crippen molar-refractivity contribution >= 4 is 15.5 Å². The third-order valence-corrected chi connectivity index (χ3v) is 4.18. The molecule has 0 saturated heterocycles. The first kappa shape index (κ1) is 13.0. The molecule has 0 spiro atoms. The van der Waals surface area contributed by atoms with Crippen molar-refractivity contribution in [3.63, 3.8) is 0 Å². The average molecular weight is 245 g/mol. The second kappa shape index (κ2) is 5.30. The third-order valence-electron chi connectivity index (χ3n) is 2.33. The van der Waals surface area contributed by atoms with Crippen LogP contribution in [-0.4, -0.2) is 14.2 Å². The maximum Gasteiger partial charge on any atom is 0.180 e. The predicted molar refractivity (Wildman–Crippen MR) is 62.4 cm³/mol. The molecule has 0 radical (unpaired) electrons. The standard InChI is InChI=1S/C11H16FNO2S/c1-2-3-4-7-16(14,15)11-8-9(12)5-6-10(11)13/h5-6,8H,2-4,7,13H2,1H3. The van der Waals surface area contributed by atoms with Crippen molar-refractivity contribution in [1.82, 2.24) is 0 Å². The fraction of sp³-hybridized carbons (Fsp3) is 0.455. The Morgan fingerprint density at radius 1 is 1.31 bits per heavy atom. The number of anilines is 1. The third kappa shape index (κ3) is 3.20. The van der Waals surface area contributed by atoms with Crippen LogP contribution in [0.2, 0.25) is 0 Å². The number of rotatable bonds is 5. The van der Waals surface area contributed by atoms with Crippen LogP contribution in [0.15, 0.2) is 23.1 Å². The van der Waals surface area contributed by atoms with Crippen LogP contribution < -0.4 is 5.73 Å². The fourth-order valence-electron chi connectivity index (χ4n) is 1.43. The number of benzene rings is 1. The summed E-state index contributed by atoms with van der Waals surface area (Å²) < 4.78 is 36.6. The molecule has 0 saturated carbocycles. The van der Waals surface area contributed by atoms with Crippen LogP contribution in [0.5, 0.6) is 0 Å². The molecule has 0 aliphatic carbocycles. The van der Waals surface area contributed by atoms with Crippen molar-refractivity contribution in [1.29, 1.82) is 0 Å². The highest BCUT2D eigenvalue weighted by Crippen LogP contribution is 2.21. The van der Waals surface area contributed by atoms with E-state index in [2.05, 4.69) is 0 Å². The van der Waals surface area contributed by atoms with Gasteiger partial charge in [0.1, 0.15) is 5.82 Å². The van der Waals surface area contributed by atoms with Crippen molar-refractivity contribution in [2.24, 2.45) is 0 Å². The second-order valence-corrected chi connectivity index (χ2v) is 5.79. The molecular weight excluding hydrogens is 229 g/mol. The van der Waals surface area contributed by atoms with Crippen LogP contribution >= 0.6 is 0 Å². The Morgan fingerprint density at radius 3 is 2.62 bits per heavy atom. The van der Waals surface area contributed by atoms with E-state index in [4.69, 9.17) is 5.73 Å². The van der Waals surface area contributed by atoms with Crippen LogP contribution in [0.3, 0.4) is 0 Å². The van der Waals surface area contributed by atoms with E-state index >= 15 is 0 Å². The van der Waals surface area contributed by atoms with E-state index in [1.165, 1.54) is 6.07 Å². The van der Waals surface area contributed by atoms with Crippen LogP contribution in [0.1, 0.15) is 26.2 Å². The van der Waals surface area contributed by atoms with Gasteiger partial charge in [-0.05, 0) is 24.6 Å². The molecule has 3 nitrogen and oxygen atoms in total. The summed E-state index contributed by atoms with van der Waals surface area (Å²) in [4.78, 5) is -0.0939. The van der Waals surface area contributed by atoms with E-state index in [1.807, 2.05) is 6.92 Å². The minimum Gasteiger partial charge on any atom is -0.398 e. The summed E-state index contributed by atoms with van der Waals surface area (Å²) in [6.45, 7) is 1.99. The molecule has 0 bridgehead atoms. The molecule has 2 N–H and O–H groups in total. The SMILES string of the molecule is CCCCCS(=O)(=O)c1cc(F)ccc1N. The Bertz CT molecular complexity index is 457.